The van der Waals surface area contributed by atoms with Gasteiger partial charge < -0.3 is 9.47 Å². The summed E-state index contributed by atoms with van der Waals surface area (Å²) in [4.78, 5) is 19.1. The number of rotatable bonds is 1. The number of halogens is 1. The Morgan fingerprint density at radius 2 is 1.96 bits per heavy atom. The number of aryl methyl sites for hydroxylation is 1. The van der Waals surface area contributed by atoms with E-state index in [1.54, 1.807) is 6.20 Å². The molecule has 0 atom stereocenters. The molecule has 1 aliphatic heterocycles. The molecule has 0 fully saturated rings. The monoisotopic (exact) mass is 375 g/mol. The van der Waals surface area contributed by atoms with Crippen LogP contribution < -0.4 is 0 Å². The number of carbonyl (C=O) groups excluding carboxylic acids is 1. The van der Waals surface area contributed by atoms with Gasteiger partial charge in [-0.25, -0.2) is 4.98 Å². The number of carbonyl (C=O) groups is 1. The van der Waals surface area contributed by atoms with E-state index < -0.39 is 0 Å². The van der Waals surface area contributed by atoms with Crippen LogP contribution in [-0.4, -0.2) is 26.9 Å². The van der Waals surface area contributed by atoms with E-state index in [9.17, 15) is 4.79 Å². The third kappa shape index (κ3) is 3.74. The second-order valence-electron chi connectivity index (χ2n) is 6.58. The number of imidazole rings is 1. The first kappa shape index (κ1) is 17.4. The van der Waals surface area contributed by atoms with Crippen LogP contribution in [0.4, 0.5) is 0 Å². The molecule has 5 heteroatoms. The zero-order valence-corrected chi connectivity index (χ0v) is 15.7. The van der Waals surface area contributed by atoms with Gasteiger partial charge in [0.15, 0.2) is 5.82 Å². The van der Waals surface area contributed by atoms with E-state index in [-0.39, 0.29) is 5.91 Å². The molecule has 0 radical (unpaired) electrons. The average molecular weight is 376 g/mol. The molecule has 1 aromatic heterocycles. The number of hydrogen-bond donors (Lipinski definition) is 0. The van der Waals surface area contributed by atoms with Gasteiger partial charge >= 0.3 is 0 Å². The lowest BCUT2D eigenvalue weighted by Gasteiger charge is -2.28. The molecule has 3 aromatic rings. The highest BCUT2D eigenvalue weighted by Crippen LogP contribution is 2.18. The molecule has 1 amide bonds. The molecule has 0 unspecified atom stereocenters. The van der Waals surface area contributed by atoms with Gasteiger partial charge in [-0.15, -0.1) is 0 Å². The minimum atomic E-state index is 0.0534. The van der Waals surface area contributed by atoms with E-state index in [0.717, 1.165) is 22.4 Å². The number of hydrogen-bond acceptors (Lipinski definition) is 2. The van der Waals surface area contributed by atoms with E-state index >= 15 is 0 Å². The van der Waals surface area contributed by atoms with Gasteiger partial charge in [0.1, 0.15) is 0 Å². The first-order chi connectivity index (χ1) is 13.1. The summed E-state index contributed by atoms with van der Waals surface area (Å²) >= 11 is 6.00. The van der Waals surface area contributed by atoms with E-state index in [2.05, 4.69) is 21.4 Å². The van der Waals surface area contributed by atoms with E-state index in [0.29, 0.717) is 30.5 Å². The minimum Gasteiger partial charge on any atom is -0.331 e. The Morgan fingerprint density at radius 1 is 1.11 bits per heavy atom. The molecule has 0 spiro atoms. The molecule has 134 valence electrons. The standard InChI is InChI=1S/C22H18ClN3O/c1-16-4-2-6-18(12-16)22(27)25-10-11-26-20(15-25)14-24-21(26)9-8-17-5-3-7-19(23)13-17/h2-7,12-14H,10-11,15H2,1H3. The second kappa shape index (κ2) is 7.30. The molecular formula is C22H18ClN3O. The van der Waals surface area contributed by atoms with Gasteiger partial charge in [-0.05, 0) is 43.2 Å². The number of nitrogens with zero attached hydrogens (tertiary/aromatic N) is 3. The topological polar surface area (TPSA) is 38.1 Å². The van der Waals surface area contributed by atoms with Crippen LogP contribution >= 0.6 is 11.6 Å². The third-order valence-electron chi connectivity index (χ3n) is 4.58. The highest BCUT2D eigenvalue weighted by atomic mass is 35.5. The van der Waals surface area contributed by atoms with Crippen LogP contribution in [0, 0.1) is 18.8 Å². The predicted molar refractivity (Wildman–Crippen MR) is 106 cm³/mol. The Kier molecular flexibility index (Phi) is 4.70. The quantitative estimate of drug-likeness (QED) is 0.605. The molecule has 27 heavy (non-hydrogen) atoms. The van der Waals surface area contributed by atoms with Gasteiger partial charge in [0.2, 0.25) is 0 Å². The molecule has 0 bridgehead atoms. The van der Waals surface area contributed by atoms with Crippen molar-refractivity contribution in [2.45, 2.75) is 20.0 Å². The molecule has 4 rings (SSSR count). The summed E-state index contributed by atoms with van der Waals surface area (Å²) in [5.74, 6) is 6.99. The van der Waals surface area contributed by atoms with Gasteiger partial charge in [-0.3, -0.25) is 4.79 Å². The lowest BCUT2D eigenvalue weighted by molar-refractivity contribution is 0.0711. The predicted octanol–water partition coefficient (Wildman–Crippen LogP) is 3.90. The molecular weight excluding hydrogens is 358 g/mol. The maximum Gasteiger partial charge on any atom is 0.254 e. The van der Waals surface area contributed by atoms with E-state index in [4.69, 9.17) is 11.6 Å². The van der Waals surface area contributed by atoms with Crippen LogP contribution in [0.3, 0.4) is 0 Å². The summed E-state index contributed by atoms with van der Waals surface area (Å²) in [5, 5.41) is 0.664. The molecule has 0 saturated heterocycles. The Labute approximate surface area is 163 Å². The van der Waals surface area contributed by atoms with Crippen molar-refractivity contribution in [3.8, 4) is 11.8 Å². The molecule has 0 saturated carbocycles. The van der Waals surface area contributed by atoms with Crippen LogP contribution in [0.25, 0.3) is 0 Å². The zero-order valence-electron chi connectivity index (χ0n) is 14.9. The van der Waals surface area contributed by atoms with E-state index in [1.165, 1.54) is 0 Å². The van der Waals surface area contributed by atoms with Gasteiger partial charge in [0, 0.05) is 29.2 Å². The molecule has 4 nitrogen and oxygen atoms in total. The highest BCUT2D eigenvalue weighted by molar-refractivity contribution is 6.30. The SMILES string of the molecule is Cc1cccc(C(=O)N2CCn3c(cnc3C#Cc3cccc(Cl)c3)C2)c1. The summed E-state index contributed by atoms with van der Waals surface area (Å²) in [7, 11) is 0. The average Bonchev–Trinajstić information content (AvgIpc) is 3.08. The van der Waals surface area contributed by atoms with Crippen molar-refractivity contribution in [2.75, 3.05) is 6.54 Å². The Balaban J connectivity index is 1.53. The first-order valence-corrected chi connectivity index (χ1v) is 9.16. The van der Waals surface area contributed by atoms with Crippen molar-refractivity contribution in [2.24, 2.45) is 0 Å². The summed E-state index contributed by atoms with van der Waals surface area (Å²) in [5.41, 5.74) is 3.66. The molecule has 2 heterocycles. The Bertz CT molecular complexity index is 1070. The van der Waals surface area contributed by atoms with Crippen LogP contribution in [0.1, 0.15) is 33.0 Å². The van der Waals surface area contributed by atoms with Crippen molar-refractivity contribution in [3.05, 3.63) is 88.0 Å². The number of aromatic nitrogens is 2. The molecule has 1 aliphatic rings. The third-order valence-corrected chi connectivity index (χ3v) is 4.82. The fraction of sp³-hybridized carbons (Fsp3) is 0.182. The summed E-state index contributed by atoms with van der Waals surface area (Å²) < 4.78 is 2.08. The number of fused-ring (bicyclic) bond motifs is 1. The maximum absolute atomic E-state index is 12.8. The van der Waals surface area contributed by atoms with Gasteiger partial charge in [0.05, 0.1) is 18.4 Å². The fourth-order valence-corrected chi connectivity index (χ4v) is 3.40. The summed E-state index contributed by atoms with van der Waals surface area (Å²) in [6.45, 7) is 3.86. The number of amides is 1. The van der Waals surface area contributed by atoms with Crippen molar-refractivity contribution in [1.82, 2.24) is 14.5 Å². The summed E-state index contributed by atoms with van der Waals surface area (Å²) in [6, 6.07) is 15.1. The lowest BCUT2D eigenvalue weighted by atomic mass is 10.1. The number of benzene rings is 2. The van der Waals surface area contributed by atoms with Crippen molar-refractivity contribution >= 4 is 17.5 Å². The van der Waals surface area contributed by atoms with Gasteiger partial charge in [-0.2, -0.15) is 0 Å². The molecule has 0 aliphatic carbocycles. The molecule has 0 N–H and O–H groups in total. The van der Waals surface area contributed by atoms with Crippen LogP contribution in [0.5, 0.6) is 0 Å². The van der Waals surface area contributed by atoms with Crippen molar-refractivity contribution < 1.29 is 4.79 Å². The van der Waals surface area contributed by atoms with Crippen LogP contribution in [0.2, 0.25) is 5.02 Å². The highest BCUT2D eigenvalue weighted by Gasteiger charge is 2.23. The first-order valence-electron chi connectivity index (χ1n) is 8.78. The van der Waals surface area contributed by atoms with Gasteiger partial charge in [0.25, 0.3) is 5.91 Å². The fourth-order valence-electron chi connectivity index (χ4n) is 3.21. The normalized spacial score (nSPS) is 12.9. The van der Waals surface area contributed by atoms with Gasteiger partial charge in [-0.1, -0.05) is 41.3 Å². The lowest BCUT2D eigenvalue weighted by Crippen LogP contribution is -2.38. The van der Waals surface area contributed by atoms with Crippen molar-refractivity contribution in [1.29, 1.82) is 0 Å². The Hall–Kier alpha value is -3.03. The smallest absolute Gasteiger partial charge is 0.254 e. The zero-order chi connectivity index (χ0) is 18.8. The molecule has 2 aromatic carbocycles. The minimum absolute atomic E-state index is 0.0534. The van der Waals surface area contributed by atoms with Crippen LogP contribution in [-0.2, 0) is 13.1 Å². The van der Waals surface area contributed by atoms with Crippen LogP contribution in [0.15, 0.2) is 54.7 Å². The largest absolute Gasteiger partial charge is 0.331 e. The van der Waals surface area contributed by atoms with E-state index in [1.807, 2.05) is 60.4 Å². The second-order valence-corrected chi connectivity index (χ2v) is 7.02. The van der Waals surface area contributed by atoms with Crippen molar-refractivity contribution in [3.63, 3.8) is 0 Å². The maximum atomic E-state index is 12.8. The summed E-state index contributed by atoms with van der Waals surface area (Å²) in [6.07, 6.45) is 1.80. The Morgan fingerprint density at radius 3 is 2.78 bits per heavy atom.